The molecule has 0 saturated carbocycles. The van der Waals surface area contributed by atoms with Gasteiger partial charge >= 0.3 is 6.09 Å². The second-order valence-corrected chi connectivity index (χ2v) is 8.20. The second-order valence-electron chi connectivity index (χ2n) is 7.28. The number of aromatic nitrogens is 1. The maximum atomic E-state index is 12.6. The molecule has 2 heterocycles. The van der Waals surface area contributed by atoms with Crippen molar-refractivity contribution >= 4 is 44.6 Å². The molecule has 1 saturated heterocycles. The van der Waals surface area contributed by atoms with E-state index in [-0.39, 0.29) is 11.7 Å². The number of nitrogens with one attached hydrogen (secondary N) is 1. The number of ether oxygens (including phenoxy) is 1. The molecule has 8 heteroatoms. The number of halogens is 1. The van der Waals surface area contributed by atoms with Crippen molar-refractivity contribution in [1.82, 2.24) is 9.88 Å². The fourth-order valence-corrected chi connectivity index (χ4v) is 3.89. The van der Waals surface area contributed by atoms with E-state index in [2.05, 4.69) is 31.1 Å². The van der Waals surface area contributed by atoms with Gasteiger partial charge in [0.15, 0.2) is 17.8 Å². The van der Waals surface area contributed by atoms with Crippen molar-refractivity contribution in [3.8, 4) is 0 Å². The summed E-state index contributed by atoms with van der Waals surface area (Å²) in [5.74, 6) is 0.264. The Morgan fingerprint density at radius 2 is 1.93 bits per heavy atom. The zero-order chi connectivity index (χ0) is 20.9. The van der Waals surface area contributed by atoms with Gasteiger partial charge in [0, 0.05) is 28.2 Å². The van der Waals surface area contributed by atoms with Crippen molar-refractivity contribution in [2.45, 2.75) is 12.8 Å². The summed E-state index contributed by atoms with van der Waals surface area (Å²) in [4.78, 5) is 30.9. The first kappa shape index (κ1) is 20.6. The standard InChI is InChI=1S/C22H22BrN3O4/c23-17-3-1-15(2-4-17)21(27)16-7-9-26(10-8-16)11-12-29-22(28)25-18-5-6-20-19(13-18)24-14-30-20/h1-6,13-14,16H,7-12H2,(H,25,28). The van der Waals surface area contributed by atoms with E-state index in [4.69, 9.17) is 9.15 Å². The zero-order valence-corrected chi connectivity index (χ0v) is 17.9. The fraction of sp³-hybridized carbons (Fsp3) is 0.318. The quantitative estimate of drug-likeness (QED) is 0.522. The molecular weight excluding hydrogens is 450 g/mol. The van der Waals surface area contributed by atoms with Crippen LogP contribution in [0, 0.1) is 5.92 Å². The Hall–Kier alpha value is -2.71. The number of carbonyl (C=O) groups is 2. The molecule has 7 nitrogen and oxygen atoms in total. The highest BCUT2D eigenvalue weighted by molar-refractivity contribution is 9.10. The Bertz CT molecular complexity index is 1030. The molecular formula is C22H22BrN3O4. The summed E-state index contributed by atoms with van der Waals surface area (Å²) in [6.45, 7) is 2.58. The largest absolute Gasteiger partial charge is 0.448 e. The number of ketones is 1. The van der Waals surface area contributed by atoms with Gasteiger partial charge in [-0.2, -0.15) is 0 Å². The first-order chi connectivity index (χ1) is 14.6. The van der Waals surface area contributed by atoms with Crippen molar-refractivity contribution in [1.29, 1.82) is 0 Å². The van der Waals surface area contributed by atoms with E-state index in [9.17, 15) is 9.59 Å². The number of piperidine rings is 1. The minimum absolute atomic E-state index is 0.0538. The third-order valence-electron chi connectivity index (χ3n) is 5.30. The Balaban J connectivity index is 1.18. The summed E-state index contributed by atoms with van der Waals surface area (Å²) in [6.07, 6.45) is 2.50. The van der Waals surface area contributed by atoms with E-state index in [1.54, 1.807) is 18.2 Å². The molecule has 0 aliphatic carbocycles. The molecule has 1 fully saturated rings. The summed E-state index contributed by atoms with van der Waals surface area (Å²) < 4.78 is 11.4. The maximum absolute atomic E-state index is 12.6. The van der Waals surface area contributed by atoms with E-state index in [0.29, 0.717) is 29.9 Å². The lowest BCUT2D eigenvalue weighted by molar-refractivity contribution is 0.0813. The lowest BCUT2D eigenvalue weighted by Gasteiger charge is -2.31. The SMILES string of the molecule is O=C(Nc1ccc2ocnc2c1)OCCN1CCC(C(=O)c2ccc(Br)cc2)CC1. The van der Waals surface area contributed by atoms with E-state index in [1.807, 2.05) is 24.3 Å². The molecule has 1 aliphatic heterocycles. The van der Waals surface area contributed by atoms with Crippen molar-refractivity contribution in [2.24, 2.45) is 5.92 Å². The monoisotopic (exact) mass is 471 g/mol. The van der Waals surface area contributed by atoms with Gasteiger partial charge in [0.1, 0.15) is 12.1 Å². The number of benzene rings is 2. The van der Waals surface area contributed by atoms with Crippen LogP contribution in [0.3, 0.4) is 0 Å². The van der Waals surface area contributed by atoms with Crippen LogP contribution in [0.5, 0.6) is 0 Å². The van der Waals surface area contributed by atoms with Crippen LogP contribution in [0.4, 0.5) is 10.5 Å². The number of hydrogen-bond acceptors (Lipinski definition) is 6. The predicted octanol–water partition coefficient (Wildman–Crippen LogP) is 4.73. The van der Waals surface area contributed by atoms with Gasteiger partial charge < -0.3 is 9.15 Å². The number of rotatable bonds is 6. The maximum Gasteiger partial charge on any atom is 0.411 e. The third kappa shape index (κ3) is 5.06. The molecule has 3 aromatic rings. The Labute approximate surface area is 182 Å². The molecule has 0 radical (unpaired) electrons. The van der Waals surface area contributed by atoms with Crippen LogP contribution in [-0.2, 0) is 4.74 Å². The van der Waals surface area contributed by atoms with Gasteiger partial charge in [0.25, 0.3) is 0 Å². The average Bonchev–Trinajstić information content (AvgIpc) is 3.22. The van der Waals surface area contributed by atoms with E-state index in [1.165, 1.54) is 6.39 Å². The van der Waals surface area contributed by atoms with Gasteiger partial charge in [0.05, 0.1) is 0 Å². The molecule has 0 spiro atoms. The van der Waals surface area contributed by atoms with Gasteiger partial charge in [-0.05, 0) is 56.3 Å². The van der Waals surface area contributed by atoms with Crippen molar-refractivity contribution in [3.63, 3.8) is 0 Å². The highest BCUT2D eigenvalue weighted by atomic mass is 79.9. The van der Waals surface area contributed by atoms with Crippen LogP contribution in [-0.4, -0.2) is 48.0 Å². The lowest BCUT2D eigenvalue weighted by atomic mass is 9.89. The van der Waals surface area contributed by atoms with Crippen molar-refractivity contribution < 1.29 is 18.7 Å². The van der Waals surface area contributed by atoms with E-state index in [0.717, 1.165) is 36.0 Å². The van der Waals surface area contributed by atoms with Gasteiger partial charge in [0.2, 0.25) is 0 Å². The predicted molar refractivity (Wildman–Crippen MR) is 117 cm³/mol. The number of oxazole rings is 1. The van der Waals surface area contributed by atoms with Crippen LogP contribution >= 0.6 is 15.9 Å². The van der Waals surface area contributed by atoms with Gasteiger partial charge in [-0.25, -0.2) is 9.78 Å². The molecule has 2 aromatic carbocycles. The first-order valence-electron chi connectivity index (χ1n) is 9.87. The molecule has 1 amide bonds. The van der Waals surface area contributed by atoms with Gasteiger partial charge in [-0.15, -0.1) is 0 Å². The molecule has 1 aromatic heterocycles. The number of amides is 1. The number of nitrogens with zero attached hydrogens (tertiary/aromatic N) is 2. The third-order valence-corrected chi connectivity index (χ3v) is 5.83. The zero-order valence-electron chi connectivity index (χ0n) is 16.3. The molecule has 30 heavy (non-hydrogen) atoms. The Kier molecular flexibility index (Phi) is 6.44. The first-order valence-corrected chi connectivity index (χ1v) is 10.7. The summed E-state index contributed by atoms with van der Waals surface area (Å²) in [5, 5.41) is 2.70. The van der Waals surface area contributed by atoms with E-state index < -0.39 is 6.09 Å². The van der Waals surface area contributed by atoms with Gasteiger partial charge in [-0.1, -0.05) is 28.1 Å². The summed E-state index contributed by atoms with van der Waals surface area (Å²) in [7, 11) is 0. The van der Waals surface area contributed by atoms with Crippen LogP contribution in [0.1, 0.15) is 23.2 Å². The van der Waals surface area contributed by atoms with Crippen LogP contribution in [0.2, 0.25) is 0 Å². The van der Waals surface area contributed by atoms with Crippen molar-refractivity contribution in [3.05, 3.63) is 58.9 Å². The number of fused-ring (bicyclic) bond motifs is 1. The summed E-state index contributed by atoms with van der Waals surface area (Å²) in [6, 6.07) is 12.7. The average molecular weight is 472 g/mol. The number of Topliss-reactive ketones (excluding diaryl/α,β-unsaturated/α-hetero) is 1. The topological polar surface area (TPSA) is 84.7 Å². The molecule has 0 bridgehead atoms. The Morgan fingerprint density at radius 3 is 2.70 bits per heavy atom. The number of carbonyl (C=O) groups excluding carboxylic acids is 2. The van der Waals surface area contributed by atoms with Crippen LogP contribution in [0.15, 0.2) is 57.7 Å². The smallest absolute Gasteiger partial charge is 0.411 e. The lowest BCUT2D eigenvalue weighted by Crippen LogP contribution is -2.38. The van der Waals surface area contributed by atoms with Gasteiger partial charge in [-0.3, -0.25) is 15.0 Å². The molecule has 156 valence electrons. The molecule has 1 N–H and O–H groups in total. The minimum atomic E-state index is -0.502. The minimum Gasteiger partial charge on any atom is -0.448 e. The van der Waals surface area contributed by atoms with E-state index >= 15 is 0 Å². The van der Waals surface area contributed by atoms with Crippen LogP contribution < -0.4 is 5.32 Å². The summed E-state index contributed by atoms with van der Waals surface area (Å²) >= 11 is 3.39. The highest BCUT2D eigenvalue weighted by Gasteiger charge is 2.25. The molecule has 0 unspecified atom stereocenters. The number of likely N-dealkylation sites (tertiary alicyclic amines) is 1. The highest BCUT2D eigenvalue weighted by Crippen LogP contribution is 2.23. The molecule has 1 aliphatic rings. The fourth-order valence-electron chi connectivity index (χ4n) is 3.63. The van der Waals surface area contributed by atoms with Crippen LogP contribution in [0.25, 0.3) is 11.1 Å². The summed E-state index contributed by atoms with van der Waals surface area (Å²) in [5.41, 5.74) is 2.71. The molecule has 0 atom stereocenters. The second kappa shape index (κ2) is 9.40. The van der Waals surface area contributed by atoms with Crippen molar-refractivity contribution in [2.75, 3.05) is 31.6 Å². The Morgan fingerprint density at radius 1 is 1.17 bits per heavy atom. The number of anilines is 1. The molecule has 4 rings (SSSR count). The number of hydrogen-bond donors (Lipinski definition) is 1. The normalized spacial score (nSPS) is 15.2.